The van der Waals surface area contributed by atoms with Gasteiger partial charge in [-0.1, -0.05) is 24.6 Å². The molecule has 0 fully saturated rings. The highest BCUT2D eigenvalue weighted by molar-refractivity contribution is 7.92. The molecule has 2 aromatic rings. The molecule has 0 aliphatic heterocycles. The predicted molar refractivity (Wildman–Crippen MR) is 92.7 cm³/mol. The summed E-state index contributed by atoms with van der Waals surface area (Å²) in [7, 11) is -3.72. The van der Waals surface area contributed by atoms with Gasteiger partial charge < -0.3 is 0 Å². The summed E-state index contributed by atoms with van der Waals surface area (Å²) in [6, 6.07) is 11.0. The van der Waals surface area contributed by atoms with Crippen molar-refractivity contribution < 1.29 is 13.2 Å². The number of hydrogen-bond acceptors (Lipinski definition) is 3. The minimum absolute atomic E-state index is 0.0484. The number of rotatable bonds is 6. The van der Waals surface area contributed by atoms with Crippen molar-refractivity contribution in [2.45, 2.75) is 31.6 Å². The summed E-state index contributed by atoms with van der Waals surface area (Å²) in [5.74, 6) is 0.0484. The Morgan fingerprint density at radius 1 is 1.13 bits per heavy atom. The highest BCUT2D eigenvalue weighted by Gasteiger charge is 2.15. The molecule has 0 aromatic heterocycles. The van der Waals surface area contributed by atoms with Crippen molar-refractivity contribution in [3.8, 4) is 0 Å². The number of nitrogens with one attached hydrogen (secondary N) is 1. The topological polar surface area (TPSA) is 63.2 Å². The van der Waals surface area contributed by atoms with Crippen molar-refractivity contribution >= 4 is 33.1 Å². The lowest BCUT2D eigenvalue weighted by molar-refractivity contribution is 0.0982. The van der Waals surface area contributed by atoms with Crippen molar-refractivity contribution in [1.29, 1.82) is 0 Å². The van der Waals surface area contributed by atoms with E-state index in [1.165, 1.54) is 12.1 Å². The number of hydrogen-bond donors (Lipinski definition) is 1. The lowest BCUT2D eigenvalue weighted by Gasteiger charge is -2.09. The highest BCUT2D eigenvalue weighted by atomic mass is 35.5. The van der Waals surface area contributed by atoms with Crippen molar-refractivity contribution in [1.82, 2.24) is 0 Å². The van der Waals surface area contributed by atoms with E-state index in [1.807, 2.05) is 6.92 Å². The summed E-state index contributed by atoms with van der Waals surface area (Å²) in [5.41, 5.74) is 1.78. The van der Waals surface area contributed by atoms with Crippen LogP contribution in [0.4, 0.5) is 5.69 Å². The number of carbonyl (C=O) groups excluding carboxylic acids is 1. The van der Waals surface area contributed by atoms with Crippen molar-refractivity contribution in [3.63, 3.8) is 0 Å². The van der Waals surface area contributed by atoms with E-state index >= 15 is 0 Å². The molecule has 0 amide bonds. The molecule has 2 aromatic carbocycles. The van der Waals surface area contributed by atoms with Crippen LogP contribution in [-0.2, 0) is 10.0 Å². The van der Waals surface area contributed by atoms with Crippen LogP contribution >= 0.6 is 11.6 Å². The maximum Gasteiger partial charge on any atom is 0.261 e. The molecule has 0 unspecified atom stereocenters. The van der Waals surface area contributed by atoms with Gasteiger partial charge in [0.2, 0.25) is 0 Å². The zero-order valence-corrected chi connectivity index (χ0v) is 14.5. The number of ketones is 1. The number of Topliss-reactive ketones (excluding diaryl/α,β-unsaturated/α-hetero) is 1. The van der Waals surface area contributed by atoms with E-state index < -0.39 is 10.0 Å². The second kappa shape index (κ2) is 7.15. The summed E-state index contributed by atoms with van der Waals surface area (Å²) in [5, 5.41) is 0.397. The Kier molecular flexibility index (Phi) is 5.44. The van der Waals surface area contributed by atoms with E-state index in [2.05, 4.69) is 4.72 Å². The van der Waals surface area contributed by atoms with Crippen LogP contribution < -0.4 is 4.72 Å². The zero-order valence-electron chi connectivity index (χ0n) is 13.0. The first-order valence-electron chi connectivity index (χ1n) is 7.25. The molecule has 0 spiro atoms. The average molecular weight is 352 g/mol. The van der Waals surface area contributed by atoms with Crippen LogP contribution in [0.25, 0.3) is 0 Å². The Balaban J connectivity index is 2.20. The normalized spacial score (nSPS) is 11.3. The smallest absolute Gasteiger partial charge is 0.261 e. The van der Waals surface area contributed by atoms with Gasteiger partial charge in [0.25, 0.3) is 10.0 Å². The molecule has 0 radical (unpaired) electrons. The second-order valence-corrected chi connectivity index (χ2v) is 7.36. The molecule has 2 rings (SSSR count). The van der Waals surface area contributed by atoms with Gasteiger partial charge in [-0.25, -0.2) is 8.42 Å². The van der Waals surface area contributed by atoms with Gasteiger partial charge in [0.05, 0.1) is 4.90 Å². The highest BCUT2D eigenvalue weighted by Crippen LogP contribution is 2.22. The number of aryl methyl sites for hydroxylation is 1. The molecule has 4 nitrogen and oxygen atoms in total. The summed E-state index contributed by atoms with van der Waals surface area (Å²) < 4.78 is 27.2. The first kappa shape index (κ1) is 17.5. The third-order valence-electron chi connectivity index (χ3n) is 3.39. The van der Waals surface area contributed by atoms with Gasteiger partial charge in [0.15, 0.2) is 5.78 Å². The van der Waals surface area contributed by atoms with Crippen LogP contribution in [0, 0.1) is 6.92 Å². The minimum Gasteiger partial charge on any atom is -0.294 e. The second-order valence-electron chi connectivity index (χ2n) is 5.27. The standard InChI is InChI=1S/C17H18ClNO3S/c1-3-4-17(20)13-6-8-14(9-7-13)19-23(21,22)15-10-5-12(2)16(18)11-15/h5-11,19H,3-4H2,1-2H3. The third kappa shape index (κ3) is 4.33. The molecule has 122 valence electrons. The predicted octanol–water partition coefficient (Wildman–Crippen LogP) is 4.43. The lowest BCUT2D eigenvalue weighted by atomic mass is 10.1. The monoisotopic (exact) mass is 351 g/mol. The quantitative estimate of drug-likeness (QED) is 0.783. The van der Waals surface area contributed by atoms with Gasteiger partial charge in [-0.05, 0) is 55.3 Å². The molecule has 0 saturated heterocycles. The molecule has 6 heteroatoms. The number of benzene rings is 2. The molecule has 0 heterocycles. The number of anilines is 1. The summed E-state index contributed by atoms with van der Waals surface area (Å²) in [4.78, 5) is 11.9. The molecule has 0 aliphatic rings. The Hall–Kier alpha value is -1.85. The number of halogens is 1. The Morgan fingerprint density at radius 2 is 1.78 bits per heavy atom. The number of carbonyl (C=O) groups is 1. The van der Waals surface area contributed by atoms with Gasteiger partial charge in [-0.3, -0.25) is 9.52 Å². The van der Waals surface area contributed by atoms with Crippen LogP contribution in [0.2, 0.25) is 5.02 Å². The Morgan fingerprint density at radius 3 is 2.35 bits per heavy atom. The minimum atomic E-state index is -3.72. The van der Waals surface area contributed by atoms with Gasteiger partial charge >= 0.3 is 0 Å². The van der Waals surface area contributed by atoms with Gasteiger partial charge in [0.1, 0.15) is 0 Å². The van der Waals surface area contributed by atoms with Crippen LogP contribution in [-0.4, -0.2) is 14.2 Å². The molecule has 0 bridgehead atoms. The summed E-state index contributed by atoms with van der Waals surface area (Å²) in [6.07, 6.45) is 1.26. The SMILES string of the molecule is CCCC(=O)c1ccc(NS(=O)(=O)c2ccc(C)c(Cl)c2)cc1. The van der Waals surface area contributed by atoms with Crippen LogP contribution in [0.3, 0.4) is 0 Å². The van der Waals surface area contributed by atoms with E-state index in [0.717, 1.165) is 12.0 Å². The fourth-order valence-electron chi connectivity index (χ4n) is 2.05. The van der Waals surface area contributed by atoms with Crippen LogP contribution in [0.5, 0.6) is 0 Å². The van der Waals surface area contributed by atoms with Crippen molar-refractivity contribution in [2.24, 2.45) is 0 Å². The molecular weight excluding hydrogens is 334 g/mol. The van der Waals surface area contributed by atoms with Gasteiger partial charge in [-0.15, -0.1) is 0 Å². The molecule has 0 aliphatic carbocycles. The molecule has 23 heavy (non-hydrogen) atoms. The first-order chi connectivity index (χ1) is 10.8. The lowest BCUT2D eigenvalue weighted by Crippen LogP contribution is -2.13. The first-order valence-corrected chi connectivity index (χ1v) is 9.12. The molecule has 0 saturated carbocycles. The molecular formula is C17H18ClNO3S. The van der Waals surface area contributed by atoms with Crippen molar-refractivity contribution in [3.05, 3.63) is 58.6 Å². The van der Waals surface area contributed by atoms with Crippen molar-refractivity contribution in [2.75, 3.05) is 4.72 Å². The van der Waals surface area contributed by atoms with E-state index in [9.17, 15) is 13.2 Å². The summed E-state index contributed by atoms with van der Waals surface area (Å²) >= 11 is 5.98. The maximum atomic E-state index is 12.3. The van der Waals surface area contributed by atoms with E-state index in [0.29, 0.717) is 22.7 Å². The molecule has 1 N–H and O–H groups in total. The van der Waals surface area contributed by atoms with E-state index in [1.54, 1.807) is 37.3 Å². The van der Waals surface area contributed by atoms with E-state index in [-0.39, 0.29) is 10.7 Å². The van der Waals surface area contributed by atoms with Gasteiger partial charge in [0, 0.05) is 22.7 Å². The Bertz CT molecular complexity index is 814. The molecule has 0 atom stereocenters. The van der Waals surface area contributed by atoms with Crippen LogP contribution in [0.1, 0.15) is 35.7 Å². The van der Waals surface area contributed by atoms with Gasteiger partial charge in [-0.2, -0.15) is 0 Å². The fourth-order valence-corrected chi connectivity index (χ4v) is 3.38. The summed E-state index contributed by atoms with van der Waals surface area (Å²) in [6.45, 7) is 3.74. The third-order valence-corrected chi connectivity index (χ3v) is 5.18. The largest absolute Gasteiger partial charge is 0.294 e. The zero-order chi connectivity index (χ0) is 17.0. The van der Waals surface area contributed by atoms with E-state index in [4.69, 9.17) is 11.6 Å². The number of sulfonamides is 1. The fraction of sp³-hybridized carbons (Fsp3) is 0.235. The average Bonchev–Trinajstić information content (AvgIpc) is 2.50. The Labute approximate surface area is 141 Å². The maximum absolute atomic E-state index is 12.3. The van der Waals surface area contributed by atoms with Crippen LogP contribution in [0.15, 0.2) is 47.4 Å².